The highest BCUT2D eigenvalue weighted by Crippen LogP contribution is 2.32. The van der Waals surface area contributed by atoms with E-state index < -0.39 is 72.7 Å². The lowest BCUT2D eigenvalue weighted by Crippen LogP contribution is -2.49. The number of nitrogen functional groups attached to an aromatic ring is 1. The lowest BCUT2D eigenvalue weighted by atomic mass is 9.83. The zero-order valence-corrected chi connectivity index (χ0v) is 17.5. The number of aromatic nitrogens is 4. The molecule has 18 nitrogen and oxygen atoms in total. The number of nitrogens with two attached hydrogens (primary N) is 1. The molecule has 0 aromatic carbocycles. The molecular weight excluding hydrogens is 482 g/mol. The van der Waals surface area contributed by atoms with Crippen molar-refractivity contribution in [1.29, 1.82) is 0 Å². The van der Waals surface area contributed by atoms with Crippen molar-refractivity contribution >= 4 is 41.2 Å². The van der Waals surface area contributed by atoms with Gasteiger partial charge in [0.2, 0.25) is 0 Å². The molecule has 35 heavy (non-hydrogen) atoms. The minimum Gasteiger partial charge on any atom is -0.481 e. The molecule has 0 aliphatic rings. The maximum Gasteiger partial charge on any atom is 0.337 e. The van der Waals surface area contributed by atoms with E-state index in [9.17, 15) is 29.4 Å². The first-order valence-electron chi connectivity index (χ1n) is 9.36. The van der Waals surface area contributed by atoms with Crippen molar-refractivity contribution in [3.63, 3.8) is 0 Å². The van der Waals surface area contributed by atoms with Crippen LogP contribution in [-0.2, 0) is 19.2 Å². The van der Waals surface area contributed by atoms with Gasteiger partial charge < -0.3 is 61.5 Å². The SMILES string of the molecule is Nc1nc(C(C(=O)O)C(O)(CC(=O)O)C(=O)O)nc2nc[nH]c12.O=CC(O)C(O)C(O)C(O)CO. The van der Waals surface area contributed by atoms with Crippen LogP contribution in [0, 0.1) is 0 Å². The van der Waals surface area contributed by atoms with E-state index in [-0.39, 0.29) is 23.3 Å². The Hall–Kier alpha value is -3.81. The highest BCUT2D eigenvalue weighted by atomic mass is 16.4. The summed E-state index contributed by atoms with van der Waals surface area (Å²) in [6.07, 6.45) is -7.01. The smallest absolute Gasteiger partial charge is 0.337 e. The minimum absolute atomic E-state index is 0.0258. The Labute approximate surface area is 194 Å². The van der Waals surface area contributed by atoms with Crippen LogP contribution >= 0.6 is 0 Å². The number of imidazole rings is 1. The Bertz CT molecular complexity index is 1060. The Kier molecular flexibility index (Phi) is 10.1. The zero-order valence-electron chi connectivity index (χ0n) is 17.5. The summed E-state index contributed by atoms with van der Waals surface area (Å²) < 4.78 is 0. The average molecular weight is 505 g/mol. The number of aromatic amines is 1. The number of anilines is 1. The molecule has 194 valence electrons. The third-order valence-electron chi connectivity index (χ3n) is 4.53. The fraction of sp³-hybridized carbons (Fsp3) is 0.471. The summed E-state index contributed by atoms with van der Waals surface area (Å²) >= 11 is 0. The van der Waals surface area contributed by atoms with Crippen molar-refractivity contribution < 1.29 is 65.1 Å². The molecule has 6 unspecified atom stereocenters. The summed E-state index contributed by atoms with van der Waals surface area (Å²) in [6, 6.07) is 0. The van der Waals surface area contributed by atoms with Gasteiger partial charge >= 0.3 is 17.9 Å². The lowest BCUT2D eigenvalue weighted by Gasteiger charge is -2.27. The van der Waals surface area contributed by atoms with E-state index in [1.54, 1.807) is 0 Å². The Balaban J connectivity index is 0.000000434. The van der Waals surface area contributed by atoms with Crippen LogP contribution in [0.5, 0.6) is 0 Å². The van der Waals surface area contributed by atoms with Gasteiger partial charge in [-0.05, 0) is 0 Å². The third-order valence-corrected chi connectivity index (χ3v) is 4.53. The van der Waals surface area contributed by atoms with E-state index in [1.807, 2.05) is 0 Å². The standard InChI is InChI=1S/C11H11N5O7.C6H12O6/c12-6-5-8(14-2-13-5)16-7(15-6)4(9(19)20)11(23,10(21)22)1-3(17)18;7-1-3(9)5(11)6(12)4(10)2-8/h2,4,23H,1H2,(H,17,18)(H,19,20)(H,21,22)(H3,12,13,14,15,16);1,3-6,8-12H,2H2. The molecule has 0 amide bonds. The fourth-order valence-electron chi connectivity index (χ4n) is 2.68. The van der Waals surface area contributed by atoms with Gasteiger partial charge in [-0.15, -0.1) is 0 Å². The van der Waals surface area contributed by atoms with Crippen molar-refractivity contribution in [2.45, 2.75) is 42.4 Å². The molecule has 6 atom stereocenters. The highest BCUT2D eigenvalue weighted by Gasteiger charge is 2.52. The van der Waals surface area contributed by atoms with Crippen LogP contribution in [0.1, 0.15) is 18.2 Å². The molecule has 0 saturated carbocycles. The third kappa shape index (κ3) is 6.85. The van der Waals surface area contributed by atoms with E-state index in [0.29, 0.717) is 0 Å². The number of nitrogens with zero attached hydrogens (tertiary/aromatic N) is 3. The first-order valence-corrected chi connectivity index (χ1v) is 9.36. The predicted octanol–water partition coefficient (Wildman–Crippen LogP) is -4.99. The summed E-state index contributed by atoms with van der Waals surface area (Å²) in [5.41, 5.74) is 2.56. The van der Waals surface area contributed by atoms with E-state index in [0.717, 1.165) is 0 Å². The number of carboxylic acid groups (broad SMARTS) is 3. The number of aliphatic hydroxyl groups is 6. The fourth-order valence-corrected chi connectivity index (χ4v) is 2.68. The summed E-state index contributed by atoms with van der Waals surface area (Å²) in [6.45, 7) is -0.760. The van der Waals surface area contributed by atoms with Gasteiger partial charge in [0.1, 0.15) is 29.9 Å². The Morgan fingerprint density at radius 1 is 1.09 bits per heavy atom. The molecule has 2 aromatic heterocycles. The number of nitrogens with one attached hydrogen (secondary N) is 1. The van der Waals surface area contributed by atoms with E-state index in [2.05, 4.69) is 19.9 Å². The molecule has 0 saturated heterocycles. The van der Waals surface area contributed by atoms with Crippen LogP contribution in [0.15, 0.2) is 6.33 Å². The second kappa shape index (κ2) is 12.1. The molecule has 0 aliphatic heterocycles. The van der Waals surface area contributed by atoms with E-state index in [1.165, 1.54) is 6.33 Å². The normalized spacial score (nSPS) is 17.1. The van der Waals surface area contributed by atoms with Gasteiger partial charge in [-0.1, -0.05) is 0 Å². The van der Waals surface area contributed by atoms with Gasteiger partial charge in [-0.25, -0.2) is 19.7 Å². The second-order valence-corrected chi connectivity index (χ2v) is 7.00. The Morgan fingerprint density at radius 3 is 2.14 bits per heavy atom. The van der Waals surface area contributed by atoms with Crippen LogP contribution in [0.25, 0.3) is 11.2 Å². The predicted molar refractivity (Wildman–Crippen MR) is 108 cm³/mol. The number of fused-ring (bicyclic) bond motifs is 1. The van der Waals surface area contributed by atoms with Crippen LogP contribution < -0.4 is 5.73 Å². The van der Waals surface area contributed by atoms with Crippen LogP contribution in [0.4, 0.5) is 5.82 Å². The van der Waals surface area contributed by atoms with Gasteiger partial charge in [0.15, 0.2) is 35.1 Å². The second-order valence-electron chi connectivity index (χ2n) is 7.00. The summed E-state index contributed by atoms with van der Waals surface area (Å²) in [5, 5.41) is 80.8. The van der Waals surface area contributed by atoms with Crippen molar-refractivity contribution in [1.82, 2.24) is 19.9 Å². The molecule has 0 spiro atoms. The van der Waals surface area contributed by atoms with Crippen molar-refractivity contribution in [3.8, 4) is 0 Å². The van der Waals surface area contributed by atoms with Crippen molar-refractivity contribution in [2.75, 3.05) is 12.3 Å². The molecule has 0 bridgehead atoms. The van der Waals surface area contributed by atoms with Crippen molar-refractivity contribution in [3.05, 3.63) is 12.2 Å². The Morgan fingerprint density at radius 2 is 1.69 bits per heavy atom. The van der Waals surface area contributed by atoms with Gasteiger partial charge in [-0.3, -0.25) is 9.59 Å². The molecular formula is C17H23N5O13. The number of hydrogen-bond acceptors (Lipinski definition) is 14. The van der Waals surface area contributed by atoms with Gasteiger partial charge in [0, 0.05) is 0 Å². The minimum atomic E-state index is -3.17. The van der Waals surface area contributed by atoms with Crippen LogP contribution in [0.2, 0.25) is 0 Å². The zero-order chi connectivity index (χ0) is 27.1. The number of carboxylic acids is 3. The van der Waals surface area contributed by atoms with E-state index in [4.69, 9.17) is 41.5 Å². The van der Waals surface area contributed by atoms with Crippen LogP contribution in [0.3, 0.4) is 0 Å². The number of aldehydes is 1. The number of hydrogen-bond donors (Lipinski definition) is 11. The lowest BCUT2D eigenvalue weighted by molar-refractivity contribution is -0.173. The molecule has 18 heteroatoms. The number of carbonyl (C=O) groups excluding carboxylic acids is 1. The van der Waals surface area contributed by atoms with Gasteiger partial charge in [0.05, 0.1) is 19.4 Å². The molecule has 0 radical (unpaired) electrons. The number of aliphatic hydroxyl groups excluding tert-OH is 5. The summed E-state index contributed by atoms with van der Waals surface area (Å²) in [4.78, 5) is 57.2. The topological polar surface area (TPSA) is 331 Å². The van der Waals surface area contributed by atoms with Gasteiger partial charge in [0.25, 0.3) is 0 Å². The number of aliphatic carboxylic acids is 3. The van der Waals surface area contributed by atoms with Crippen molar-refractivity contribution in [2.24, 2.45) is 0 Å². The molecule has 2 heterocycles. The largest absolute Gasteiger partial charge is 0.481 e. The first-order chi connectivity index (χ1) is 16.2. The molecule has 0 aliphatic carbocycles. The van der Waals surface area contributed by atoms with Crippen LogP contribution in [-0.4, -0.2) is 127 Å². The van der Waals surface area contributed by atoms with Gasteiger partial charge in [-0.2, -0.15) is 0 Å². The maximum atomic E-state index is 11.5. The monoisotopic (exact) mass is 505 g/mol. The first kappa shape index (κ1) is 29.2. The molecule has 2 rings (SSSR count). The summed E-state index contributed by atoms with van der Waals surface area (Å²) in [5.74, 6) is -8.74. The number of H-pyrrole nitrogens is 1. The number of rotatable bonds is 11. The van der Waals surface area contributed by atoms with E-state index >= 15 is 0 Å². The average Bonchev–Trinajstić information content (AvgIpc) is 3.26. The number of carbonyl (C=O) groups is 4. The molecule has 12 N–H and O–H groups in total. The maximum absolute atomic E-state index is 11.5. The summed E-state index contributed by atoms with van der Waals surface area (Å²) in [7, 11) is 0. The highest BCUT2D eigenvalue weighted by molar-refractivity contribution is 5.92. The quantitative estimate of drug-likeness (QED) is 0.127. The molecule has 0 fully saturated rings. The molecule has 2 aromatic rings.